The molecule has 4 aromatic heterocycles. The van der Waals surface area contributed by atoms with Crippen molar-refractivity contribution in [2.75, 3.05) is 13.4 Å². The Morgan fingerprint density at radius 3 is 2.64 bits per heavy atom. The first kappa shape index (κ1) is 24.7. The van der Waals surface area contributed by atoms with Crippen LogP contribution in [0, 0.1) is 5.82 Å². The average molecular weight is 543 g/mol. The van der Waals surface area contributed by atoms with Crippen LogP contribution in [0.15, 0.2) is 73.2 Å². The van der Waals surface area contributed by atoms with Gasteiger partial charge in [0.05, 0.1) is 25.3 Å². The van der Waals surface area contributed by atoms with E-state index in [-0.39, 0.29) is 6.54 Å². The summed E-state index contributed by atoms with van der Waals surface area (Å²) in [7, 11) is -1.82. The molecule has 0 unspecified atom stereocenters. The minimum atomic E-state index is -3.41. The maximum Gasteiger partial charge on any atom is 0.209 e. The lowest BCUT2D eigenvalue weighted by Crippen LogP contribution is -2.21. The van der Waals surface area contributed by atoms with Gasteiger partial charge in [-0.05, 0) is 59.2 Å². The number of aromatic amines is 2. The summed E-state index contributed by atoms with van der Waals surface area (Å²) in [6, 6.07) is 16.1. The fraction of sp³-hybridized carbons (Fsp3) is 0.107. The lowest BCUT2D eigenvalue weighted by Gasteiger charge is -2.08. The Balaban J connectivity index is 1.42. The third-order valence-corrected chi connectivity index (χ3v) is 7.09. The molecule has 6 rings (SSSR count). The zero-order chi connectivity index (χ0) is 27.1. The number of methoxy groups -OCH3 is 1. The van der Waals surface area contributed by atoms with Crippen LogP contribution in [0.3, 0.4) is 0 Å². The van der Waals surface area contributed by atoms with E-state index in [1.54, 1.807) is 31.8 Å². The van der Waals surface area contributed by atoms with Gasteiger partial charge in [-0.2, -0.15) is 5.10 Å². The van der Waals surface area contributed by atoms with E-state index in [1.165, 1.54) is 12.1 Å². The van der Waals surface area contributed by atoms with E-state index >= 15 is 0 Å². The van der Waals surface area contributed by atoms with Gasteiger partial charge < -0.3 is 9.72 Å². The molecule has 0 fully saturated rings. The maximum absolute atomic E-state index is 14.5. The van der Waals surface area contributed by atoms with E-state index in [1.807, 2.05) is 36.4 Å². The van der Waals surface area contributed by atoms with Crippen molar-refractivity contribution >= 4 is 32.0 Å². The van der Waals surface area contributed by atoms with Gasteiger partial charge in [-0.1, -0.05) is 12.1 Å². The molecule has 0 aliphatic rings. The van der Waals surface area contributed by atoms with Crippen LogP contribution in [-0.4, -0.2) is 46.9 Å². The van der Waals surface area contributed by atoms with E-state index in [4.69, 9.17) is 4.74 Å². The Morgan fingerprint density at radius 1 is 0.974 bits per heavy atom. The van der Waals surface area contributed by atoms with E-state index < -0.39 is 15.8 Å². The molecular formula is C28H23FN6O3S. The van der Waals surface area contributed by atoms with Crippen LogP contribution in [0.1, 0.15) is 5.56 Å². The summed E-state index contributed by atoms with van der Waals surface area (Å²) in [6.45, 7) is -0.00461. The van der Waals surface area contributed by atoms with Crippen molar-refractivity contribution in [3.05, 3.63) is 84.6 Å². The van der Waals surface area contributed by atoms with Crippen molar-refractivity contribution in [2.24, 2.45) is 0 Å². The Morgan fingerprint density at radius 2 is 1.82 bits per heavy atom. The number of H-pyrrole nitrogens is 2. The molecule has 2 aromatic carbocycles. The van der Waals surface area contributed by atoms with E-state index in [0.717, 1.165) is 44.9 Å². The van der Waals surface area contributed by atoms with Gasteiger partial charge >= 0.3 is 0 Å². The predicted molar refractivity (Wildman–Crippen MR) is 148 cm³/mol. The van der Waals surface area contributed by atoms with Gasteiger partial charge in [0.15, 0.2) is 5.65 Å². The molecule has 39 heavy (non-hydrogen) atoms. The number of rotatable bonds is 7. The minimum Gasteiger partial charge on any atom is -0.495 e. The molecule has 0 amide bonds. The highest BCUT2D eigenvalue weighted by Crippen LogP contribution is 2.35. The number of halogens is 1. The summed E-state index contributed by atoms with van der Waals surface area (Å²) >= 11 is 0. The first-order valence-corrected chi connectivity index (χ1v) is 13.9. The van der Waals surface area contributed by atoms with Crippen LogP contribution in [0.4, 0.5) is 4.39 Å². The second kappa shape index (κ2) is 9.61. The third-order valence-electron chi connectivity index (χ3n) is 6.42. The number of ether oxygens (including phenoxy) is 1. The van der Waals surface area contributed by atoms with Crippen molar-refractivity contribution in [2.45, 2.75) is 6.54 Å². The Hall–Kier alpha value is -4.61. The van der Waals surface area contributed by atoms with Crippen molar-refractivity contribution in [1.29, 1.82) is 0 Å². The number of nitrogens with zero attached hydrogens (tertiary/aromatic N) is 3. The van der Waals surface area contributed by atoms with Crippen LogP contribution < -0.4 is 9.46 Å². The topological polar surface area (TPSA) is 126 Å². The molecule has 0 aliphatic heterocycles. The van der Waals surface area contributed by atoms with Gasteiger partial charge in [-0.15, -0.1) is 0 Å². The third kappa shape index (κ3) is 4.97. The fourth-order valence-electron chi connectivity index (χ4n) is 4.61. The quantitative estimate of drug-likeness (QED) is 0.260. The highest BCUT2D eigenvalue weighted by molar-refractivity contribution is 7.88. The Kier molecular flexibility index (Phi) is 6.09. The van der Waals surface area contributed by atoms with Gasteiger partial charge in [-0.3, -0.25) is 10.1 Å². The summed E-state index contributed by atoms with van der Waals surface area (Å²) < 4.78 is 45.3. The van der Waals surface area contributed by atoms with Crippen molar-refractivity contribution < 1.29 is 17.5 Å². The summed E-state index contributed by atoms with van der Waals surface area (Å²) in [4.78, 5) is 12.2. The van der Waals surface area contributed by atoms with Crippen LogP contribution >= 0.6 is 0 Å². The van der Waals surface area contributed by atoms with Gasteiger partial charge in [0.1, 0.15) is 17.3 Å². The number of pyridine rings is 2. The van der Waals surface area contributed by atoms with Gasteiger partial charge in [0.2, 0.25) is 10.0 Å². The number of hydrogen-bond acceptors (Lipinski definition) is 6. The molecule has 0 aliphatic carbocycles. The highest BCUT2D eigenvalue weighted by Gasteiger charge is 2.16. The first-order chi connectivity index (χ1) is 18.8. The molecule has 9 nitrogen and oxygen atoms in total. The number of fused-ring (bicyclic) bond motifs is 2. The summed E-state index contributed by atoms with van der Waals surface area (Å²) in [5, 5.41) is 9.21. The number of sulfonamides is 1. The first-order valence-electron chi connectivity index (χ1n) is 12.0. The molecule has 0 saturated heterocycles. The molecule has 0 saturated carbocycles. The minimum absolute atomic E-state index is 0.00461. The smallest absolute Gasteiger partial charge is 0.209 e. The Labute approximate surface area is 223 Å². The zero-order valence-electron chi connectivity index (χ0n) is 21.0. The molecule has 3 N–H and O–H groups in total. The normalized spacial score (nSPS) is 11.9. The number of benzene rings is 2. The van der Waals surface area contributed by atoms with Crippen molar-refractivity contribution in [3.8, 4) is 39.4 Å². The molecule has 11 heteroatoms. The van der Waals surface area contributed by atoms with Crippen LogP contribution in [0.2, 0.25) is 0 Å². The van der Waals surface area contributed by atoms with Gasteiger partial charge in [-0.25, -0.2) is 22.5 Å². The van der Waals surface area contributed by atoms with Crippen LogP contribution in [-0.2, 0) is 16.6 Å². The second-order valence-electron chi connectivity index (χ2n) is 9.20. The second-order valence-corrected chi connectivity index (χ2v) is 11.0. The molecule has 0 spiro atoms. The van der Waals surface area contributed by atoms with Crippen LogP contribution in [0.25, 0.3) is 55.6 Å². The summed E-state index contributed by atoms with van der Waals surface area (Å²) in [5.41, 5.74) is 6.62. The van der Waals surface area contributed by atoms with Gasteiger partial charge in [0.25, 0.3) is 0 Å². The molecule has 6 aromatic rings. The summed E-state index contributed by atoms with van der Waals surface area (Å²) in [6.07, 6.45) is 6.22. The monoisotopic (exact) mass is 542 g/mol. The number of hydrogen-bond donors (Lipinski definition) is 3. The van der Waals surface area contributed by atoms with E-state index in [9.17, 15) is 12.8 Å². The molecule has 0 atom stereocenters. The average Bonchev–Trinajstić information content (AvgIpc) is 3.55. The van der Waals surface area contributed by atoms with Gasteiger partial charge in [0, 0.05) is 46.4 Å². The van der Waals surface area contributed by atoms with Crippen LogP contribution in [0.5, 0.6) is 5.75 Å². The number of nitrogens with one attached hydrogen (secondary N) is 3. The van der Waals surface area contributed by atoms with E-state index in [2.05, 4.69) is 29.9 Å². The standard InChI is InChI=1S/C28H23FN6O3S/c1-38-21-9-18(13-30-15-21)19-10-24-27(34-35-28(24)31-14-19)26-11-23-22(4-3-5-25(23)33-26)17-6-16(7-20(29)8-17)12-32-39(2,36)37/h3-11,13-15,32-33H,12H2,1-2H3,(H,31,34,35). The molecule has 0 bridgehead atoms. The maximum atomic E-state index is 14.5. The SMILES string of the molecule is COc1cncc(-c2cnc3[nH]nc(-c4cc5c(-c6cc(F)cc(CNS(C)(=O)=O)c6)cccc5[nH]4)c3c2)c1. The predicted octanol–water partition coefficient (Wildman–Crippen LogP) is 5.03. The highest BCUT2D eigenvalue weighted by atomic mass is 32.2. The van der Waals surface area contributed by atoms with Crippen molar-refractivity contribution in [1.82, 2.24) is 29.9 Å². The zero-order valence-corrected chi connectivity index (χ0v) is 21.8. The lowest BCUT2D eigenvalue weighted by molar-refractivity contribution is 0.413. The molecular weight excluding hydrogens is 519 g/mol. The molecule has 196 valence electrons. The molecule has 0 radical (unpaired) electrons. The molecule has 4 heterocycles. The Bertz CT molecular complexity index is 1970. The van der Waals surface area contributed by atoms with E-state index in [0.29, 0.717) is 28.2 Å². The lowest BCUT2D eigenvalue weighted by atomic mass is 9.99. The van der Waals surface area contributed by atoms with Crippen molar-refractivity contribution in [3.63, 3.8) is 0 Å². The largest absolute Gasteiger partial charge is 0.495 e. The fourth-order valence-corrected chi connectivity index (χ4v) is 5.04. The summed E-state index contributed by atoms with van der Waals surface area (Å²) in [5.74, 6) is 0.199. The number of aromatic nitrogens is 5.